The van der Waals surface area contributed by atoms with Crippen LogP contribution in [0, 0.1) is 11.8 Å². The number of aromatic nitrogens is 1. The zero-order valence-electron chi connectivity index (χ0n) is 11.8. The summed E-state index contributed by atoms with van der Waals surface area (Å²) in [7, 11) is 1.64. The molecule has 2 N–H and O–H groups in total. The Hall–Kier alpha value is -1.68. The van der Waals surface area contributed by atoms with Gasteiger partial charge in [0.1, 0.15) is 5.75 Å². The highest BCUT2D eigenvalue weighted by atomic mass is 35.5. The molecule has 2 aliphatic carbocycles. The lowest BCUT2D eigenvalue weighted by molar-refractivity contribution is 0.376. The van der Waals surface area contributed by atoms with Gasteiger partial charge in [0.25, 0.3) is 0 Å². The maximum Gasteiger partial charge on any atom is 0.175 e. The number of methoxy groups -OCH3 is 1. The van der Waals surface area contributed by atoms with E-state index in [2.05, 4.69) is 5.16 Å². The van der Waals surface area contributed by atoms with E-state index in [1.165, 1.54) is 19.3 Å². The van der Waals surface area contributed by atoms with Crippen molar-refractivity contribution in [1.29, 1.82) is 0 Å². The van der Waals surface area contributed by atoms with Crippen molar-refractivity contribution in [2.75, 3.05) is 12.8 Å². The van der Waals surface area contributed by atoms with Crippen LogP contribution in [0.15, 0.2) is 22.7 Å². The Morgan fingerprint density at radius 2 is 2.10 bits per heavy atom. The lowest BCUT2D eigenvalue weighted by Gasteiger charge is -2.10. The van der Waals surface area contributed by atoms with Crippen molar-refractivity contribution in [2.45, 2.75) is 25.2 Å². The van der Waals surface area contributed by atoms with Crippen LogP contribution in [0.2, 0.25) is 5.02 Å². The molecule has 0 spiro atoms. The minimum absolute atomic E-state index is 0.413. The number of anilines is 1. The Labute approximate surface area is 128 Å². The van der Waals surface area contributed by atoms with Gasteiger partial charge in [0.2, 0.25) is 0 Å². The van der Waals surface area contributed by atoms with E-state index in [9.17, 15) is 0 Å². The Bertz CT molecular complexity index is 688. The van der Waals surface area contributed by atoms with Gasteiger partial charge in [-0.1, -0.05) is 23.2 Å². The van der Waals surface area contributed by atoms with Crippen LogP contribution in [0.3, 0.4) is 0 Å². The monoisotopic (exact) mass is 304 g/mol. The summed E-state index contributed by atoms with van der Waals surface area (Å²) in [5, 5.41) is 4.64. The summed E-state index contributed by atoms with van der Waals surface area (Å²) in [5.41, 5.74) is 7.78. The van der Waals surface area contributed by atoms with Gasteiger partial charge < -0.3 is 15.0 Å². The SMILES string of the molecule is COc1ccc(Cl)cc1-c1c(N)noc1C1C2CCCC21. The molecule has 1 aromatic carbocycles. The first-order valence-corrected chi connectivity index (χ1v) is 7.67. The number of benzene rings is 1. The number of rotatable bonds is 3. The van der Waals surface area contributed by atoms with Gasteiger partial charge >= 0.3 is 0 Å². The third kappa shape index (κ3) is 1.93. The predicted molar refractivity (Wildman–Crippen MR) is 81.5 cm³/mol. The molecule has 2 aliphatic rings. The summed E-state index contributed by atoms with van der Waals surface area (Å²) in [6, 6.07) is 5.52. The summed E-state index contributed by atoms with van der Waals surface area (Å²) in [6.07, 6.45) is 3.88. The minimum atomic E-state index is 0.413. The fourth-order valence-corrected chi connectivity index (χ4v) is 4.07. The van der Waals surface area contributed by atoms with E-state index < -0.39 is 0 Å². The van der Waals surface area contributed by atoms with Gasteiger partial charge in [-0.3, -0.25) is 0 Å². The van der Waals surface area contributed by atoms with Gasteiger partial charge in [-0.2, -0.15) is 0 Å². The summed E-state index contributed by atoms with van der Waals surface area (Å²) < 4.78 is 11.0. The molecule has 0 aliphatic heterocycles. The van der Waals surface area contributed by atoms with Gasteiger partial charge in [0, 0.05) is 16.5 Å². The van der Waals surface area contributed by atoms with Crippen LogP contribution in [0.5, 0.6) is 5.75 Å². The maximum atomic E-state index is 6.14. The fraction of sp³-hybridized carbons (Fsp3) is 0.438. The molecule has 2 fully saturated rings. The van der Waals surface area contributed by atoms with Crippen molar-refractivity contribution in [3.63, 3.8) is 0 Å². The molecule has 2 aromatic rings. The summed E-state index contributed by atoms with van der Waals surface area (Å²) in [5.74, 6) is 3.99. The highest BCUT2D eigenvalue weighted by molar-refractivity contribution is 6.31. The molecule has 0 saturated heterocycles. The van der Waals surface area contributed by atoms with E-state index in [0.717, 1.165) is 34.5 Å². The number of nitrogen functional groups attached to an aromatic ring is 1. The Balaban J connectivity index is 1.82. The zero-order valence-corrected chi connectivity index (χ0v) is 12.6. The van der Waals surface area contributed by atoms with E-state index >= 15 is 0 Å². The quantitative estimate of drug-likeness (QED) is 0.927. The standard InChI is InChI=1S/C16H17ClN2O2/c1-20-12-6-5-8(17)7-11(12)14-15(21-19-16(14)18)13-9-3-2-4-10(9)13/h5-7,9-10,13H,2-4H2,1H3,(H2,18,19). The summed E-state index contributed by atoms with van der Waals surface area (Å²) in [4.78, 5) is 0. The molecule has 0 radical (unpaired) electrons. The first-order chi connectivity index (χ1) is 10.2. The van der Waals surface area contributed by atoms with Crippen LogP contribution in [0.1, 0.15) is 30.9 Å². The molecule has 2 atom stereocenters. The number of ether oxygens (including phenoxy) is 1. The van der Waals surface area contributed by atoms with Crippen LogP contribution >= 0.6 is 11.6 Å². The van der Waals surface area contributed by atoms with Gasteiger partial charge in [-0.15, -0.1) is 0 Å². The first-order valence-electron chi connectivity index (χ1n) is 7.29. The van der Waals surface area contributed by atoms with Crippen LogP contribution < -0.4 is 10.5 Å². The van der Waals surface area contributed by atoms with E-state index in [1.807, 2.05) is 12.1 Å². The number of halogens is 1. The molecular formula is C16H17ClN2O2. The second kappa shape index (κ2) is 4.67. The topological polar surface area (TPSA) is 61.3 Å². The normalized spacial score (nSPS) is 26.7. The van der Waals surface area contributed by atoms with Gasteiger partial charge in [-0.25, -0.2) is 0 Å². The van der Waals surface area contributed by atoms with Crippen LogP contribution in [-0.4, -0.2) is 12.3 Å². The molecule has 1 heterocycles. The third-order valence-electron chi connectivity index (χ3n) is 4.89. The van der Waals surface area contributed by atoms with Crippen molar-refractivity contribution >= 4 is 17.4 Å². The molecule has 110 valence electrons. The summed E-state index contributed by atoms with van der Waals surface area (Å²) in [6.45, 7) is 0. The number of hydrogen-bond donors (Lipinski definition) is 1. The van der Waals surface area contributed by atoms with Crippen LogP contribution in [0.4, 0.5) is 5.82 Å². The zero-order chi connectivity index (χ0) is 14.6. The third-order valence-corrected chi connectivity index (χ3v) is 5.12. The maximum absolute atomic E-state index is 6.14. The molecular weight excluding hydrogens is 288 g/mol. The van der Waals surface area contributed by atoms with Crippen molar-refractivity contribution in [3.05, 3.63) is 29.0 Å². The minimum Gasteiger partial charge on any atom is -0.496 e. The average Bonchev–Trinajstić information content (AvgIpc) is 2.85. The van der Waals surface area contributed by atoms with Gasteiger partial charge in [-0.05, 0) is 42.9 Å². The number of fused-ring (bicyclic) bond motifs is 1. The number of nitrogens with two attached hydrogens (primary N) is 1. The van der Waals surface area contributed by atoms with Gasteiger partial charge in [0.05, 0.1) is 12.7 Å². The average molecular weight is 305 g/mol. The molecule has 0 amide bonds. The molecule has 2 unspecified atom stereocenters. The molecule has 5 heteroatoms. The van der Waals surface area contributed by atoms with Crippen LogP contribution in [-0.2, 0) is 0 Å². The largest absolute Gasteiger partial charge is 0.496 e. The highest BCUT2D eigenvalue weighted by Gasteiger charge is 2.56. The van der Waals surface area contributed by atoms with Crippen molar-refractivity contribution in [1.82, 2.24) is 5.16 Å². The molecule has 0 bridgehead atoms. The first kappa shape index (κ1) is 13.0. The predicted octanol–water partition coefficient (Wildman–Crippen LogP) is 4.10. The molecule has 2 saturated carbocycles. The Morgan fingerprint density at radius 3 is 2.81 bits per heavy atom. The van der Waals surface area contributed by atoms with E-state index in [1.54, 1.807) is 13.2 Å². The van der Waals surface area contributed by atoms with Crippen LogP contribution in [0.25, 0.3) is 11.1 Å². The molecule has 4 nitrogen and oxygen atoms in total. The smallest absolute Gasteiger partial charge is 0.175 e. The second-order valence-corrected chi connectivity index (χ2v) is 6.37. The Kier molecular flexibility index (Phi) is 2.89. The lowest BCUT2D eigenvalue weighted by Crippen LogP contribution is -1.95. The van der Waals surface area contributed by atoms with E-state index in [0.29, 0.717) is 16.8 Å². The van der Waals surface area contributed by atoms with Crippen molar-refractivity contribution in [3.8, 4) is 16.9 Å². The lowest BCUT2D eigenvalue weighted by atomic mass is 9.99. The van der Waals surface area contributed by atoms with Gasteiger partial charge in [0.15, 0.2) is 11.6 Å². The van der Waals surface area contributed by atoms with E-state index in [4.69, 9.17) is 26.6 Å². The Morgan fingerprint density at radius 1 is 1.33 bits per heavy atom. The summed E-state index contributed by atoms with van der Waals surface area (Å²) >= 11 is 6.14. The molecule has 21 heavy (non-hydrogen) atoms. The molecule has 4 rings (SSSR count). The highest BCUT2D eigenvalue weighted by Crippen LogP contribution is 2.65. The van der Waals surface area contributed by atoms with E-state index in [-0.39, 0.29) is 0 Å². The fourth-order valence-electron chi connectivity index (χ4n) is 3.90. The number of hydrogen-bond acceptors (Lipinski definition) is 4. The van der Waals surface area contributed by atoms with Crippen molar-refractivity contribution < 1.29 is 9.26 Å². The second-order valence-electron chi connectivity index (χ2n) is 5.94. The number of nitrogens with zero attached hydrogens (tertiary/aromatic N) is 1. The molecule has 1 aromatic heterocycles. The van der Waals surface area contributed by atoms with Crippen molar-refractivity contribution in [2.24, 2.45) is 11.8 Å².